The molecule has 1 saturated heterocycles. The van der Waals surface area contributed by atoms with Gasteiger partial charge in [-0.3, -0.25) is 14.4 Å². The van der Waals surface area contributed by atoms with Gasteiger partial charge in [-0.1, -0.05) is 55.5 Å². The Bertz CT molecular complexity index is 1540. The molecule has 3 aromatic carbocycles. The van der Waals surface area contributed by atoms with Gasteiger partial charge in [-0.05, 0) is 65.7 Å². The van der Waals surface area contributed by atoms with Crippen LogP contribution in [0.4, 0.5) is 15.8 Å². The van der Waals surface area contributed by atoms with Crippen LogP contribution >= 0.6 is 11.3 Å². The first kappa shape index (κ1) is 30.0. The molecule has 4 aromatic rings. The minimum atomic E-state index is -0.339. The van der Waals surface area contributed by atoms with Gasteiger partial charge in [-0.2, -0.15) is 0 Å². The molecule has 2 heterocycles. The lowest BCUT2D eigenvalue weighted by Crippen LogP contribution is -2.38. The van der Waals surface area contributed by atoms with Crippen LogP contribution in [-0.2, 0) is 11.3 Å². The lowest BCUT2D eigenvalue weighted by molar-refractivity contribution is -0.132. The molecule has 0 bridgehead atoms. The number of halogens is 1. The van der Waals surface area contributed by atoms with E-state index in [4.69, 9.17) is 0 Å². The Morgan fingerprint density at radius 2 is 1.67 bits per heavy atom. The number of thiophene rings is 1. The average molecular weight is 599 g/mol. The highest BCUT2D eigenvalue weighted by Crippen LogP contribution is 2.28. The minimum Gasteiger partial charge on any atom is -0.369 e. The number of amides is 3. The summed E-state index contributed by atoms with van der Waals surface area (Å²) >= 11 is 1.34. The maximum absolute atomic E-state index is 13.6. The first-order chi connectivity index (χ1) is 20.9. The molecule has 0 unspecified atom stereocenters. The molecule has 0 radical (unpaired) electrons. The highest BCUT2D eigenvalue weighted by Gasteiger charge is 2.27. The third kappa shape index (κ3) is 7.48. The van der Waals surface area contributed by atoms with E-state index in [0.717, 1.165) is 29.7 Å². The molecule has 1 aliphatic heterocycles. The largest absolute Gasteiger partial charge is 0.369 e. The Morgan fingerprint density at radius 3 is 2.40 bits per heavy atom. The van der Waals surface area contributed by atoms with Crippen molar-refractivity contribution in [3.05, 3.63) is 118 Å². The number of nitrogens with zero attached hydrogens (tertiary/aromatic N) is 2. The molecule has 1 aliphatic rings. The molecular weight excluding hydrogens is 563 g/mol. The number of hydrogen-bond acceptors (Lipinski definition) is 5. The van der Waals surface area contributed by atoms with Crippen molar-refractivity contribution in [1.82, 2.24) is 10.2 Å². The molecule has 1 aromatic heterocycles. The van der Waals surface area contributed by atoms with Gasteiger partial charge >= 0.3 is 0 Å². The molecule has 222 valence electrons. The predicted octanol–water partition coefficient (Wildman–Crippen LogP) is 6.30. The fourth-order valence-electron chi connectivity index (χ4n) is 5.39. The van der Waals surface area contributed by atoms with Gasteiger partial charge in [0.1, 0.15) is 5.82 Å². The Hall–Kier alpha value is -4.50. The molecule has 7 nitrogen and oxygen atoms in total. The van der Waals surface area contributed by atoms with E-state index in [9.17, 15) is 18.8 Å². The fourth-order valence-corrected chi connectivity index (χ4v) is 6.01. The molecule has 2 N–H and O–H groups in total. The van der Waals surface area contributed by atoms with Crippen LogP contribution in [0.15, 0.2) is 90.3 Å². The third-order valence-corrected chi connectivity index (χ3v) is 8.54. The van der Waals surface area contributed by atoms with Gasteiger partial charge in [0.2, 0.25) is 5.91 Å². The van der Waals surface area contributed by atoms with E-state index in [0.29, 0.717) is 42.3 Å². The van der Waals surface area contributed by atoms with Crippen LogP contribution in [0.3, 0.4) is 0 Å². The molecule has 3 amide bonds. The van der Waals surface area contributed by atoms with E-state index in [2.05, 4.69) is 15.5 Å². The van der Waals surface area contributed by atoms with Crippen molar-refractivity contribution in [3.8, 4) is 0 Å². The second-order valence-corrected chi connectivity index (χ2v) is 11.5. The summed E-state index contributed by atoms with van der Waals surface area (Å²) in [4.78, 5) is 44.5. The predicted molar refractivity (Wildman–Crippen MR) is 169 cm³/mol. The lowest BCUT2D eigenvalue weighted by Gasteiger charge is -2.28. The number of nitrogens with one attached hydrogen (secondary N) is 2. The first-order valence-electron chi connectivity index (χ1n) is 14.5. The highest BCUT2D eigenvalue weighted by atomic mass is 32.1. The van der Waals surface area contributed by atoms with Crippen LogP contribution in [0.5, 0.6) is 0 Å². The molecule has 0 saturated carbocycles. The van der Waals surface area contributed by atoms with E-state index in [1.165, 1.54) is 23.5 Å². The molecule has 5 rings (SSSR count). The second-order valence-electron chi connectivity index (χ2n) is 10.5. The quantitative estimate of drug-likeness (QED) is 0.237. The number of benzene rings is 3. The molecule has 9 heteroatoms. The van der Waals surface area contributed by atoms with Crippen molar-refractivity contribution in [2.75, 3.05) is 36.4 Å². The zero-order chi connectivity index (χ0) is 30.2. The maximum Gasteiger partial charge on any atom is 0.265 e. The molecule has 0 spiro atoms. The Morgan fingerprint density at radius 1 is 0.884 bits per heavy atom. The van der Waals surface area contributed by atoms with Crippen molar-refractivity contribution in [1.29, 1.82) is 0 Å². The van der Waals surface area contributed by atoms with Crippen LogP contribution < -0.4 is 15.5 Å². The van der Waals surface area contributed by atoms with E-state index in [1.807, 2.05) is 59.7 Å². The normalized spacial score (nSPS) is 14.1. The van der Waals surface area contributed by atoms with Crippen LogP contribution in [0.1, 0.15) is 56.8 Å². The van der Waals surface area contributed by atoms with E-state index in [-0.39, 0.29) is 36.0 Å². The Kier molecular flexibility index (Phi) is 9.84. The molecular formula is C34H35FN4O3S. The van der Waals surface area contributed by atoms with E-state index >= 15 is 0 Å². The van der Waals surface area contributed by atoms with Crippen LogP contribution in [0.25, 0.3) is 0 Å². The van der Waals surface area contributed by atoms with Gasteiger partial charge in [0.25, 0.3) is 11.8 Å². The van der Waals surface area contributed by atoms with Gasteiger partial charge in [-0.25, -0.2) is 4.39 Å². The molecule has 0 aliphatic carbocycles. The monoisotopic (exact) mass is 598 g/mol. The van der Waals surface area contributed by atoms with Crippen LogP contribution in [0, 0.1) is 5.82 Å². The summed E-state index contributed by atoms with van der Waals surface area (Å²) in [5, 5.41) is 7.67. The summed E-state index contributed by atoms with van der Waals surface area (Å²) in [5.41, 5.74) is 3.45. The number of rotatable bonds is 9. The lowest BCUT2D eigenvalue weighted by atomic mass is 9.95. The highest BCUT2D eigenvalue weighted by molar-refractivity contribution is 7.12. The third-order valence-electron chi connectivity index (χ3n) is 7.67. The van der Waals surface area contributed by atoms with Gasteiger partial charge < -0.3 is 20.4 Å². The number of anilines is 2. The van der Waals surface area contributed by atoms with Gasteiger partial charge in [-0.15, -0.1) is 11.3 Å². The zero-order valence-corrected chi connectivity index (χ0v) is 24.9. The molecule has 1 fully saturated rings. The maximum atomic E-state index is 13.6. The summed E-state index contributed by atoms with van der Waals surface area (Å²) in [6.07, 6.45) is 1.48. The Labute approximate surface area is 255 Å². The standard InChI is InChI=1S/C34H35FN4O3S/c1-2-28(25-8-4-3-5-9-25)34(42)39-18-7-17-38(19-20-39)30-16-15-27(37-33(41)31-10-6-21-43-31)22-29(30)32(40)36-23-24-11-13-26(35)14-12-24/h3-6,8-16,21-22,28H,2,7,17-20,23H2,1H3,(H,36,40)(H,37,41)/t28-/m1/s1. The minimum absolute atomic E-state index is 0.124. The number of hydrogen-bond donors (Lipinski definition) is 2. The summed E-state index contributed by atoms with van der Waals surface area (Å²) in [6.45, 7) is 4.68. The smallest absolute Gasteiger partial charge is 0.265 e. The van der Waals surface area contributed by atoms with Crippen molar-refractivity contribution >= 4 is 40.4 Å². The number of carbonyl (C=O) groups is 3. The SMILES string of the molecule is CC[C@@H](C(=O)N1CCCN(c2ccc(NC(=O)c3cccs3)cc2C(=O)NCc2ccc(F)cc2)CC1)c1ccccc1. The topological polar surface area (TPSA) is 81.8 Å². The van der Waals surface area contributed by atoms with Gasteiger partial charge in [0, 0.05) is 44.1 Å². The average Bonchev–Trinajstić information content (AvgIpc) is 3.47. The molecule has 1 atom stereocenters. The van der Waals surface area contributed by atoms with Crippen molar-refractivity contribution in [2.24, 2.45) is 0 Å². The van der Waals surface area contributed by atoms with Crippen LogP contribution in [-0.4, -0.2) is 48.8 Å². The van der Waals surface area contributed by atoms with Crippen molar-refractivity contribution in [2.45, 2.75) is 32.2 Å². The summed E-state index contributed by atoms with van der Waals surface area (Å²) < 4.78 is 13.4. The first-order valence-corrected chi connectivity index (χ1v) is 15.4. The van der Waals surface area contributed by atoms with Gasteiger partial charge in [0.05, 0.1) is 16.4 Å². The van der Waals surface area contributed by atoms with E-state index in [1.54, 1.807) is 30.3 Å². The number of carbonyl (C=O) groups excluding carboxylic acids is 3. The van der Waals surface area contributed by atoms with Gasteiger partial charge in [0.15, 0.2) is 0 Å². The molecule has 43 heavy (non-hydrogen) atoms. The summed E-state index contributed by atoms with van der Waals surface area (Å²) in [5.74, 6) is -0.951. The zero-order valence-electron chi connectivity index (χ0n) is 24.1. The second kappa shape index (κ2) is 14.1. The Balaban J connectivity index is 1.35. The fraction of sp³-hybridized carbons (Fsp3) is 0.265. The van der Waals surface area contributed by atoms with Crippen LogP contribution in [0.2, 0.25) is 0 Å². The van der Waals surface area contributed by atoms with Crippen molar-refractivity contribution < 1.29 is 18.8 Å². The summed E-state index contributed by atoms with van der Waals surface area (Å²) in [7, 11) is 0. The van der Waals surface area contributed by atoms with E-state index < -0.39 is 0 Å². The van der Waals surface area contributed by atoms with Crippen molar-refractivity contribution in [3.63, 3.8) is 0 Å². The summed E-state index contributed by atoms with van der Waals surface area (Å²) in [6, 6.07) is 24.8.